The summed E-state index contributed by atoms with van der Waals surface area (Å²) in [5.41, 5.74) is 14.3. The van der Waals surface area contributed by atoms with Gasteiger partial charge in [0.25, 0.3) is 22.9 Å². The summed E-state index contributed by atoms with van der Waals surface area (Å²) < 4.78 is 50.2. The summed E-state index contributed by atoms with van der Waals surface area (Å²) in [6, 6.07) is 29.7. The highest BCUT2D eigenvalue weighted by atomic mass is 19.4. The van der Waals surface area contributed by atoms with Crippen molar-refractivity contribution >= 4 is 56.4 Å². The molecule has 70 heavy (non-hydrogen) atoms. The van der Waals surface area contributed by atoms with E-state index in [0.29, 0.717) is 39.2 Å². The molecule has 0 radical (unpaired) electrons. The average Bonchev–Trinajstić information content (AvgIpc) is 3.88. The number of ether oxygens (including phenoxy) is 1. The van der Waals surface area contributed by atoms with Crippen LogP contribution in [0.1, 0.15) is 58.2 Å². The number of hydrogen-bond acceptors (Lipinski definition) is 12. The van der Waals surface area contributed by atoms with Gasteiger partial charge >= 0.3 is 6.18 Å². The molecule has 21 heteroatoms. The number of carbonyl (C=O) groups is 2. The van der Waals surface area contributed by atoms with Crippen LogP contribution in [-0.4, -0.2) is 67.9 Å². The number of nitrogens with two attached hydrogens (primary N) is 2. The summed E-state index contributed by atoms with van der Waals surface area (Å²) in [6.45, 7) is 1.73. The number of carbonyl (C=O) groups excluding carboxylic acids is 2. The highest BCUT2D eigenvalue weighted by Gasteiger charge is 2.30. The Morgan fingerprint density at radius 3 is 2.19 bits per heavy atom. The van der Waals surface area contributed by atoms with Crippen LogP contribution in [0.3, 0.4) is 0 Å². The SMILES string of the molecule is C[C@H](NC(=O)c1c(N)nn2cccnc12)c1nc2ccccc2c(=O)n1-c1cccc(-c2ccnc3c(C(=O)N[C@@H](C)c4cc5cccc(OCC(F)(F)F)c5c(=O)n4-c4ccccc4)c(N)nn23)c1. The number of nitrogens with zero attached hydrogens (tertiary/aromatic N) is 9. The van der Waals surface area contributed by atoms with Crippen molar-refractivity contribution in [3.05, 3.63) is 177 Å². The van der Waals surface area contributed by atoms with Gasteiger partial charge in [-0.1, -0.05) is 54.6 Å². The van der Waals surface area contributed by atoms with Gasteiger partial charge in [0.2, 0.25) is 0 Å². The third kappa shape index (κ3) is 7.93. The fourth-order valence-corrected chi connectivity index (χ4v) is 8.48. The lowest BCUT2D eigenvalue weighted by atomic mass is 10.1. The molecule has 6 aromatic heterocycles. The number of aromatic nitrogens is 9. The minimum Gasteiger partial charge on any atom is -0.483 e. The molecular weight excluding hydrogens is 908 g/mol. The van der Waals surface area contributed by atoms with Gasteiger partial charge in [0.15, 0.2) is 29.5 Å². The molecule has 10 rings (SSSR count). The molecule has 0 aliphatic rings. The number of benzene rings is 4. The number of anilines is 2. The topological polar surface area (TPSA) is 237 Å². The third-order valence-corrected chi connectivity index (χ3v) is 11.6. The van der Waals surface area contributed by atoms with Crippen molar-refractivity contribution in [2.24, 2.45) is 0 Å². The molecule has 10 aromatic rings. The van der Waals surface area contributed by atoms with Crippen molar-refractivity contribution in [2.45, 2.75) is 32.1 Å². The molecule has 0 bridgehead atoms. The van der Waals surface area contributed by atoms with Crippen LogP contribution in [0.15, 0.2) is 143 Å². The Labute approximate surface area is 392 Å². The van der Waals surface area contributed by atoms with E-state index in [1.165, 1.54) is 42.7 Å². The average molecular weight is 946 g/mol. The van der Waals surface area contributed by atoms with Gasteiger partial charge in [0.1, 0.15) is 22.7 Å². The summed E-state index contributed by atoms with van der Waals surface area (Å²) in [6.07, 6.45) is -0.0439. The van der Waals surface area contributed by atoms with E-state index < -0.39 is 47.8 Å². The molecule has 0 spiro atoms. The second kappa shape index (κ2) is 17.4. The molecule has 6 heterocycles. The molecule has 0 saturated heterocycles. The van der Waals surface area contributed by atoms with Crippen molar-refractivity contribution in [1.29, 1.82) is 0 Å². The maximum Gasteiger partial charge on any atom is 0.422 e. The zero-order valence-corrected chi connectivity index (χ0v) is 36.9. The Hall–Kier alpha value is -9.40. The quantitative estimate of drug-likeness (QED) is 0.108. The summed E-state index contributed by atoms with van der Waals surface area (Å²) in [5.74, 6) is -1.52. The lowest BCUT2D eigenvalue weighted by molar-refractivity contribution is -0.153. The van der Waals surface area contributed by atoms with Crippen LogP contribution in [0, 0.1) is 0 Å². The molecular formula is C49H38F3N13O5. The number of halogens is 3. The molecule has 2 atom stereocenters. The van der Waals surface area contributed by atoms with Crippen molar-refractivity contribution in [1.82, 2.24) is 53.9 Å². The Bertz CT molecular complexity index is 3850. The van der Waals surface area contributed by atoms with E-state index in [-0.39, 0.29) is 56.4 Å². The van der Waals surface area contributed by atoms with Gasteiger partial charge in [-0.15, -0.1) is 10.2 Å². The van der Waals surface area contributed by atoms with Gasteiger partial charge in [-0.3, -0.25) is 28.3 Å². The minimum absolute atomic E-state index is 0.0327. The standard InChI is InChI=1S/C49H38F3N13O5/c1-26(35-24-29-12-9-18-36(70-25-49(50,51)52)37(29)48(69)63(35)30-13-4-3-5-14-30)57-46(67)39-41(54)61-65-34(19-21-56-44(39)65)28-11-8-15-31(23-28)64-42(59-33-17-7-6-16-32(33)47(64)68)27(2)58-45(66)38-40(53)60-62-22-10-20-55-43(38)62/h3-24,26-27H,25H2,1-2H3,(H2,53,60)(H2,54,61)(H,57,67)(H,58,66)/t26-,27-/m0/s1. The first-order valence-corrected chi connectivity index (χ1v) is 21.6. The summed E-state index contributed by atoms with van der Waals surface area (Å²) in [4.78, 5) is 70.5. The van der Waals surface area contributed by atoms with Crippen LogP contribution >= 0.6 is 0 Å². The summed E-state index contributed by atoms with van der Waals surface area (Å²) in [5, 5.41) is 15.1. The number of hydrogen-bond donors (Lipinski definition) is 4. The van der Waals surface area contributed by atoms with E-state index in [2.05, 4.69) is 30.8 Å². The Morgan fingerprint density at radius 1 is 0.714 bits per heavy atom. The second-order valence-electron chi connectivity index (χ2n) is 16.2. The number of fused-ring (bicyclic) bond motifs is 4. The van der Waals surface area contributed by atoms with E-state index in [9.17, 15) is 32.3 Å². The third-order valence-electron chi connectivity index (χ3n) is 11.6. The molecule has 6 N–H and O–H groups in total. The van der Waals surface area contributed by atoms with Crippen LogP contribution in [0.25, 0.3) is 55.6 Å². The van der Waals surface area contributed by atoms with E-state index in [0.717, 1.165) is 0 Å². The lowest BCUT2D eigenvalue weighted by Crippen LogP contribution is -2.33. The summed E-state index contributed by atoms with van der Waals surface area (Å²) in [7, 11) is 0. The number of nitrogen functional groups attached to an aromatic ring is 2. The Morgan fingerprint density at radius 2 is 1.40 bits per heavy atom. The highest BCUT2D eigenvalue weighted by molar-refractivity contribution is 6.05. The van der Waals surface area contributed by atoms with Gasteiger partial charge in [-0.05, 0) is 79.9 Å². The summed E-state index contributed by atoms with van der Waals surface area (Å²) >= 11 is 0. The van der Waals surface area contributed by atoms with Gasteiger partial charge in [0.05, 0.1) is 39.8 Å². The predicted octanol–water partition coefficient (Wildman–Crippen LogP) is 6.53. The Balaban J connectivity index is 1.00. The maximum atomic E-state index is 14.4. The van der Waals surface area contributed by atoms with Gasteiger partial charge in [-0.25, -0.2) is 24.0 Å². The monoisotopic (exact) mass is 945 g/mol. The van der Waals surface area contributed by atoms with Crippen LogP contribution < -0.4 is 38.0 Å². The normalized spacial score (nSPS) is 12.6. The second-order valence-corrected chi connectivity index (χ2v) is 16.2. The number of rotatable bonds is 11. The first kappa shape index (κ1) is 44.4. The van der Waals surface area contributed by atoms with Crippen molar-refractivity contribution < 1.29 is 27.5 Å². The van der Waals surface area contributed by atoms with Crippen molar-refractivity contribution in [3.8, 4) is 28.4 Å². The van der Waals surface area contributed by atoms with Crippen LogP contribution in [0.4, 0.5) is 24.8 Å². The highest BCUT2D eigenvalue weighted by Crippen LogP contribution is 2.31. The fraction of sp³-hybridized carbons (Fsp3) is 0.122. The first-order chi connectivity index (χ1) is 33.7. The van der Waals surface area contributed by atoms with Gasteiger partial charge < -0.3 is 26.8 Å². The van der Waals surface area contributed by atoms with Crippen LogP contribution in [0.2, 0.25) is 0 Å². The Kier molecular flexibility index (Phi) is 11.0. The number of pyridine rings is 1. The number of nitrogens with one attached hydrogen (secondary N) is 2. The number of amides is 2. The van der Waals surface area contributed by atoms with Crippen molar-refractivity contribution in [2.75, 3.05) is 18.1 Å². The van der Waals surface area contributed by atoms with E-state index in [4.69, 9.17) is 21.2 Å². The number of alkyl halides is 3. The molecule has 18 nitrogen and oxygen atoms in total. The molecule has 0 unspecified atom stereocenters. The van der Waals surface area contributed by atoms with E-state index in [1.807, 2.05) is 0 Å². The minimum atomic E-state index is -4.65. The molecule has 0 aliphatic heterocycles. The lowest BCUT2D eigenvalue weighted by Gasteiger charge is -2.21. The van der Waals surface area contributed by atoms with Crippen LogP contribution in [0.5, 0.6) is 5.75 Å². The fourth-order valence-electron chi connectivity index (χ4n) is 8.48. The molecule has 0 saturated carbocycles. The van der Waals surface area contributed by atoms with E-state index in [1.54, 1.807) is 123 Å². The van der Waals surface area contributed by atoms with E-state index >= 15 is 0 Å². The predicted molar refractivity (Wildman–Crippen MR) is 254 cm³/mol. The van der Waals surface area contributed by atoms with Crippen molar-refractivity contribution in [3.63, 3.8) is 0 Å². The molecule has 0 aliphatic carbocycles. The number of para-hydroxylation sites is 2. The molecule has 2 amide bonds. The van der Waals surface area contributed by atoms with Gasteiger partial charge in [0, 0.05) is 35.5 Å². The van der Waals surface area contributed by atoms with Crippen LogP contribution in [-0.2, 0) is 0 Å². The zero-order chi connectivity index (χ0) is 49.0. The molecule has 0 fully saturated rings. The maximum absolute atomic E-state index is 14.4. The molecule has 350 valence electrons. The smallest absolute Gasteiger partial charge is 0.422 e. The zero-order valence-electron chi connectivity index (χ0n) is 36.9. The largest absolute Gasteiger partial charge is 0.483 e. The first-order valence-electron chi connectivity index (χ1n) is 21.6. The molecule has 4 aromatic carbocycles. The van der Waals surface area contributed by atoms with Gasteiger partial charge in [-0.2, -0.15) is 13.2 Å².